The molecule has 1 heterocycles. The van der Waals surface area contributed by atoms with Crippen LogP contribution >= 0.6 is 11.8 Å². The summed E-state index contributed by atoms with van der Waals surface area (Å²) in [5.74, 6) is 0.765. The van der Waals surface area contributed by atoms with Crippen molar-refractivity contribution >= 4 is 34.4 Å². The number of carbonyl (C=O) groups is 1. The number of hydrogen-bond donors (Lipinski definition) is 2. The molecule has 3 aromatic rings. The molecule has 120 valence electrons. The quantitative estimate of drug-likeness (QED) is 0.527. The molecule has 0 spiro atoms. The van der Waals surface area contributed by atoms with E-state index in [4.69, 9.17) is 5.26 Å². The van der Waals surface area contributed by atoms with E-state index < -0.39 is 0 Å². The molecule has 0 aliphatic heterocycles. The smallest absolute Gasteiger partial charge is 0.224 e. The third-order valence-corrected chi connectivity index (χ3v) is 4.39. The first-order valence-corrected chi connectivity index (χ1v) is 8.61. The Kier molecular flexibility index (Phi) is 5.14. The van der Waals surface area contributed by atoms with Crippen molar-refractivity contribution in [1.82, 2.24) is 9.97 Å². The lowest BCUT2D eigenvalue weighted by molar-refractivity contribution is -0.116. The van der Waals surface area contributed by atoms with Gasteiger partial charge in [-0.05, 0) is 36.8 Å². The van der Waals surface area contributed by atoms with Gasteiger partial charge in [-0.1, -0.05) is 30.0 Å². The Labute approximate surface area is 144 Å². The summed E-state index contributed by atoms with van der Waals surface area (Å²) in [6.45, 7) is 0. The zero-order valence-electron chi connectivity index (χ0n) is 13.0. The number of H-pyrrole nitrogens is 1. The molecule has 0 aliphatic rings. The highest BCUT2D eigenvalue weighted by Crippen LogP contribution is 2.20. The molecule has 0 saturated carbocycles. The monoisotopic (exact) mass is 336 g/mol. The number of nitrogens with zero attached hydrogens (tertiary/aromatic N) is 2. The normalized spacial score (nSPS) is 10.5. The molecule has 6 heteroatoms. The molecule has 0 bridgehead atoms. The molecule has 3 rings (SSSR count). The summed E-state index contributed by atoms with van der Waals surface area (Å²) in [6.07, 6.45) is 1.19. The molecule has 0 unspecified atom stereocenters. The SMILES string of the molecule is N#Cc1cccc(NC(=O)CCCSc2nc3ccccc3[nH]2)c1. The third-order valence-electron chi connectivity index (χ3n) is 3.43. The molecule has 0 aliphatic carbocycles. The average molecular weight is 336 g/mol. The van der Waals surface area contributed by atoms with E-state index >= 15 is 0 Å². The van der Waals surface area contributed by atoms with E-state index in [1.807, 2.05) is 24.3 Å². The number of imidazole rings is 1. The molecular formula is C18H16N4OS. The van der Waals surface area contributed by atoms with Gasteiger partial charge in [-0.2, -0.15) is 5.26 Å². The molecule has 24 heavy (non-hydrogen) atoms. The van der Waals surface area contributed by atoms with Crippen LogP contribution < -0.4 is 5.32 Å². The highest BCUT2D eigenvalue weighted by atomic mass is 32.2. The lowest BCUT2D eigenvalue weighted by Gasteiger charge is -2.05. The van der Waals surface area contributed by atoms with Crippen LogP contribution in [0.25, 0.3) is 11.0 Å². The predicted octanol–water partition coefficient (Wildman–Crippen LogP) is 3.95. The van der Waals surface area contributed by atoms with Gasteiger partial charge in [0.05, 0.1) is 22.7 Å². The first-order chi connectivity index (χ1) is 11.7. The number of benzene rings is 2. The van der Waals surface area contributed by atoms with Crippen LogP contribution in [0.2, 0.25) is 0 Å². The average Bonchev–Trinajstić information content (AvgIpc) is 3.01. The van der Waals surface area contributed by atoms with Crippen LogP contribution in [-0.4, -0.2) is 21.6 Å². The Morgan fingerprint density at radius 2 is 2.12 bits per heavy atom. The number of aromatic nitrogens is 2. The Balaban J connectivity index is 1.44. The van der Waals surface area contributed by atoms with Crippen molar-refractivity contribution in [3.63, 3.8) is 0 Å². The van der Waals surface area contributed by atoms with Crippen molar-refractivity contribution in [2.45, 2.75) is 18.0 Å². The fraction of sp³-hybridized carbons (Fsp3) is 0.167. The van der Waals surface area contributed by atoms with Crippen LogP contribution in [0.3, 0.4) is 0 Å². The number of anilines is 1. The summed E-state index contributed by atoms with van der Waals surface area (Å²) in [5, 5.41) is 12.5. The molecule has 2 N–H and O–H groups in total. The van der Waals surface area contributed by atoms with Gasteiger partial charge in [0.25, 0.3) is 0 Å². The summed E-state index contributed by atoms with van der Waals surface area (Å²) >= 11 is 1.61. The highest BCUT2D eigenvalue weighted by molar-refractivity contribution is 7.99. The van der Waals surface area contributed by atoms with Crippen molar-refractivity contribution in [2.24, 2.45) is 0 Å². The molecule has 5 nitrogen and oxygen atoms in total. The van der Waals surface area contributed by atoms with E-state index in [1.165, 1.54) is 0 Å². The van der Waals surface area contributed by atoms with Gasteiger partial charge in [-0.15, -0.1) is 0 Å². The maximum atomic E-state index is 11.9. The maximum absolute atomic E-state index is 11.9. The van der Waals surface area contributed by atoms with Gasteiger partial charge in [-0.25, -0.2) is 4.98 Å². The minimum Gasteiger partial charge on any atom is -0.333 e. The summed E-state index contributed by atoms with van der Waals surface area (Å²) in [7, 11) is 0. The number of para-hydroxylation sites is 2. The Morgan fingerprint density at radius 3 is 2.96 bits per heavy atom. The van der Waals surface area contributed by atoms with Gasteiger partial charge < -0.3 is 10.3 Å². The van der Waals surface area contributed by atoms with E-state index in [-0.39, 0.29) is 5.91 Å². The zero-order chi connectivity index (χ0) is 16.8. The predicted molar refractivity (Wildman–Crippen MR) is 95.8 cm³/mol. The summed E-state index contributed by atoms with van der Waals surface area (Å²) in [4.78, 5) is 19.7. The van der Waals surface area contributed by atoms with E-state index in [2.05, 4.69) is 21.4 Å². The fourth-order valence-electron chi connectivity index (χ4n) is 2.29. The molecule has 0 saturated heterocycles. The van der Waals surface area contributed by atoms with Gasteiger partial charge in [0.2, 0.25) is 5.91 Å². The minimum absolute atomic E-state index is 0.0460. The van der Waals surface area contributed by atoms with Crippen LogP contribution in [0.4, 0.5) is 5.69 Å². The van der Waals surface area contributed by atoms with Crippen molar-refractivity contribution in [1.29, 1.82) is 5.26 Å². The van der Waals surface area contributed by atoms with Crippen LogP contribution in [0.1, 0.15) is 18.4 Å². The molecule has 1 amide bonds. The van der Waals surface area contributed by atoms with Crippen molar-refractivity contribution < 1.29 is 4.79 Å². The van der Waals surface area contributed by atoms with E-state index in [1.54, 1.807) is 36.0 Å². The number of nitriles is 1. The number of nitrogens with one attached hydrogen (secondary N) is 2. The largest absolute Gasteiger partial charge is 0.333 e. The second kappa shape index (κ2) is 7.66. The second-order valence-electron chi connectivity index (χ2n) is 5.25. The number of fused-ring (bicyclic) bond motifs is 1. The molecule has 1 aromatic heterocycles. The van der Waals surface area contributed by atoms with Crippen molar-refractivity contribution in [3.8, 4) is 6.07 Å². The lowest BCUT2D eigenvalue weighted by atomic mass is 10.2. The summed E-state index contributed by atoms with van der Waals surface area (Å²) in [5.41, 5.74) is 3.17. The van der Waals surface area contributed by atoms with E-state index in [0.29, 0.717) is 17.7 Å². The van der Waals surface area contributed by atoms with Crippen molar-refractivity contribution in [3.05, 3.63) is 54.1 Å². The van der Waals surface area contributed by atoms with Gasteiger partial charge >= 0.3 is 0 Å². The number of thioether (sulfide) groups is 1. The maximum Gasteiger partial charge on any atom is 0.224 e. The van der Waals surface area contributed by atoms with Crippen LogP contribution in [0, 0.1) is 11.3 Å². The number of amides is 1. The van der Waals surface area contributed by atoms with Crippen molar-refractivity contribution in [2.75, 3.05) is 11.1 Å². The standard InChI is InChI=1S/C18H16N4OS/c19-12-13-5-3-6-14(11-13)20-17(23)9-4-10-24-18-21-15-7-1-2-8-16(15)22-18/h1-3,5-8,11H,4,9-10H2,(H,20,23)(H,21,22). The Hall–Kier alpha value is -2.78. The Bertz CT molecular complexity index is 864. The molecular weight excluding hydrogens is 320 g/mol. The molecule has 0 radical (unpaired) electrons. The van der Waals surface area contributed by atoms with Crippen LogP contribution in [0.15, 0.2) is 53.7 Å². The lowest BCUT2D eigenvalue weighted by Crippen LogP contribution is -2.11. The Morgan fingerprint density at radius 1 is 1.25 bits per heavy atom. The fourth-order valence-corrected chi connectivity index (χ4v) is 3.12. The highest BCUT2D eigenvalue weighted by Gasteiger charge is 2.05. The molecule has 0 fully saturated rings. The number of carbonyl (C=O) groups excluding carboxylic acids is 1. The minimum atomic E-state index is -0.0460. The first-order valence-electron chi connectivity index (χ1n) is 7.62. The van der Waals surface area contributed by atoms with E-state index in [0.717, 1.165) is 28.4 Å². The van der Waals surface area contributed by atoms with Gasteiger partial charge in [0, 0.05) is 17.9 Å². The summed E-state index contributed by atoms with van der Waals surface area (Å²) in [6, 6.07) is 16.9. The molecule has 2 aromatic carbocycles. The number of hydrogen-bond acceptors (Lipinski definition) is 4. The molecule has 0 atom stereocenters. The van der Waals surface area contributed by atoms with E-state index in [9.17, 15) is 4.79 Å². The number of aromatic amines is 1. The van der Waals surface area contributed by atoms with Crippen LogP contribution in [-0.2, 0) is 4.79 Å². The van der Waals surface area contributed by atoms with Gasteiger partial charge in [-0.3, -0.25) is 4.79 Å². The second-order valence-corrected chi connectivity index (χ2v) is 6.34. The summed E-state index contributed by atoms with van der Waals surface area (Å²) < 4.78 is 0. The topological polar surface area (TPSA) is 81.6 Å². The third kappa shape index (κ3) is 4.15. The first kappa shape index (κ1) is 16.1. The zero-order valence-corrected chi connectivity index (χ0v) is 13.8. The van der Waals surface area contributed by atoms with Crippen LogP contribution in [0.5, 0.6) is 0 Å². The van der Waals surface area contributed by atoms with Gasteiger partial charge in [0.15, 0.2) is 5.16 Å². The number of rotatable bonds is 6. The van der Waals surface area contributed by atoms with Gasteiger partial charge in [0.1, 0.15) is 0 Å².